The summed E-state index contributed by atoms with van der Waals surface area (Å²) in [6.45, 7) is 3.27. The van der Waals surface area contributed by atoms with Gasteiger partial charge >= 0.3 is 6.61 Å². The molecular weight excluding hydrogens is 378 g/mol. The highest BCUT2D eigenvalue weighted by Crippen LogP contribution is 2.29. The van der Waals surface area contributed by atoms with Gasteiger partial charge in [-0.05, 0) is 36.8 Å². The zero-order chi connectivity index (χ0) is 20.2. The van der Waals surface area contributed by atoms with E-state index >= 15 is 0 Å². The van der Waals surface area contributed by atoms with Crippen molar-refractivity contribution in [2.24, 2.45) is 0 Å². The van der Waals surface area contributed by atoms with Gasteiger partial charge in [0.05, 0.1) is 12.1 Å². The van der Waals surface area contributed by atoms with E-state index in [2.05, 4.69) is 55.9 Å². The second kappa shape index (κ2) is 8.57. The van der Waals surface area contributed by atoms with Crippen molar-refractivity contribution in [2.75, 3.05) is 31.1 Å². The van der Waals surface area contributed by atoms with Crippen LogP contribution in [0.1, 0.15) is 11.5 Å². The SMILES string of the molecule is Cc1cccc(N2CCN(Cc3nc(-c4ccccc4OC(F)F)no3)CC2)c1. The standard InChI is InChI=1S/C21H22F2N4O2/c1-15-5-4-6-16(13-15)27-11-9-26(10-12-27)14-19-24-20(25-29-19)17-7-2-3-8-18(17)28-21(22)23/h2-8,13,21H,9-12,14H2,1H3. The Balaban J connectivity index is 1.38. The molecule has 4 rings (SSSR count). The Morgan fingerprint density at radius 1 is 1.07 bits per heavy atom. The lowest BCUT2D eigenvalue weighted by Crippen LogP contribution is -2.46. The summed E-state index contributed by atoms with van der Waals surface area (Å²) in [5.41, 5.74) is 2.87. The molecular formula is C21H22F2N4O2. The first-order valence-electron chi connectivity index (χ1n) is 9.49. The number of alkyl halides is 2. The lowest BCUT2D eigenvalue weighted by molar-refractivity contribution is -0.0494. The molecule has 0 saturated carbocycles. The molecule has 0 N–H and O–H groups in total. The van der Waals surface area contributed by atoms with Gasteiger partial charge in [-0.3, -0.25) is 4.90 Å². The number of aryl methyl sites for hydroxylation is 1. The molecule has 0 amide bonds. The minimum absolute atomic E-state index is 0.0293. The van der Waals surface area contributed by atoms with Crippen LogP contribution in [0.2, 0.25) is 0 Å². The topological polar surface area (TPSA) is 54.6 Å². The summed E-state index contributed by atoms with van der Waals surface area (Å²) in [6.07, 6.45) is 0. The fourth-order valence-corrected chi connectivity index (χ4v) is 3.46. The quantitative estimate of drug-likeness (QED) is 0.624. The summed E-state index contributed by atoms with van der Waals surface area (Å²) >= 11 is 0. The number of nitrogens with zero attached hydrogens (tertiary/aromatic N) is 4. The Morgan fingerprint density at radius 2 is 1.86 bits per heavy atom. The molecule has 0 spiro atoms. The molecule has 1 saturated heterocycles. The Kier molecular flexibility index (Phi) is 5.71. The van der Waals surface area contributed by atoms with Crippen LogP contribution >= 0.6 is 0 Å². The van der Waals surface area contributed by atoms with Crippen LogP contribution in [-0.2, 0) is 6.54 Å². The maximum Gasteiger partial charge on any atom is 0.387 e. The molecule has 3 aromatic rings. The summed E-state index contributed by atoms with van der Waals surface area (Å²) in [5, 5.41) is 3.94. The van der Waals surface area contributed by atoms with Crippen LogP contribution in [0, 0.1) is 6.92 Å². The van der Waals surface area contributed by atoms with E-state index in [0.717, 1.165) is 26.2 Å². The van der Waals surface area contributed by atoms with Crippen molar-refractivity contribution in [3.63, 3.8) is 0 Å². The Bertz CT molecular complexity index is 955. The van der Waals surface area contributed by atoms with Crippen molar-refractivity contribution < 1.29 is 18.0 Å². The zero-order valence-corrected chi connectivity index (χ0v) is 16.1. The van der Waals surface area contributed by atoms with Crippen molar-refractivity contribution in [3.8, 4) is 17.1 Å². The van der Waals surface area contributed by atoms with Gasteiger partial charge in [-0.1, -0.05) is 29.4 Å². The van der Waals surface area contributed by atoms with Crippen LogP contribution in [-0.4, -0.2) is 47.8 Å². The summed E-state index contributed by atoms with van der Waals surface area (Å²) in [7, 11) is 0. The number of aromatic nitrogens is 2. The van der Waals surface area contributed by atoms with Gasteiger partial charge in [0.2, 0.25) is 11.7 Å². The van der Waals surface area contributed by atoms with E-state index in [-0.39, 0.29) is 11.6 Å². The third-order valence-corrected chi connectivity index (χ3v) is 4.91. The molecule has 1 aromatic heterocycles. The van der Waals surface area contributed by atoms with Gasteiger partial charge in [-0.2, -0.15) is 13.8 Å². The van der Waals surface area contributed by atoms with Gasteiger partial charge in [0.25, 0.3) is 0 Å². The van der Waals surface area contributed by atoms with Gasteiger partial charge in [-0.25, -0.2) is 0 Å². The number of hydrogen-bond acceptors (Lipinski definition) is 6. The average Bonchev–Trinajstić information content (AvgIpc) is 3.17. The number of anilines is 1. The third kappa shape index (κ3) is 4.71. The smallest absolute Gasteiger partial charge is 0.387 e. The first-order valence-corrected chi connectivity index (χ1v) is 9.49. The van der Waals surface area contributed by atoms with Crippen LogP contribution in [0.4, 0.5) is 14.5 Å². The molecule has 0 bridgehead atoms. The fraction of sp³-hybridized carbons (Fsp3) is 0.333. The highest BCUT2D eigenvalue weighted by atomic mass is 19.3. The molecule has 0 atom stereocenters. The third-order valence-electron chi connectivity index (χ3n) is 4.91. The van der Waals surface area contributed by atoms with E-state index in [1.165, 1.54) is 17.3 Å². The largest absolute Gasteiger partial charge is 0.434 e. The number of ether oxygens (including phenoxy) is 1. The zero-order valence-electron chi connectivity index (χ0n) is 16.1. The Hall–Kier alpha value is -3.00. The van der Waals surface area contributed by atoms with Crippen molar-refractivity contribution in [1.29, 1.82) is 0 Å². The minimum Gasteiger partial charge on any atom is -0.434 e. The van der Waals surface area contributed by atoms with Crippen molar-refractivity contribution in [1.82, 2.24) is 15.0 Å². The molecule has 152 valence electrons. The summed E-state index contributed by atoms with van der Waals surface area (Å²) in [4.78, 5) is 8.98. The maximum atomic E-state index is 12.6. The maximum absolute atomic E-state index is 12.6. The molecule has 0 radical (unpaired) electrons. The molecule has 2 aromatic carbocycles. The number of rotatable bonds is 6. The molecule has 1 aliphatic rings. The lowest BCUT2D eigenvalue weighted by Gasteiger charge is -2.35. The van der Waals surface area contributed by atoms with E-state index < -0.39 is 6.61 Å². The minimum atomic E-state index is -2.91. The molecule has 8 heteroatoms. The van der Waals surface area contributed by atoms with E-state index in [1.54, 1.807) is 18.2 Å². The van der Waals surface area contributed by atoms with Gasteiger partial charge < -0.3 is 14.2 Å². The van der Waals surface area contributed by atoms with Crippen molar-refractivity contribution in [2.45, 2.75) is 20.1 Å². The van der Waals surface area contributed by atoms with Gasteiger partial charge in [0.1, 0.15) is 5.75 Å². The molecule has 2 heterocycles. The monoisotopic (exact) mass is 400 g/mol. The predicted octanol–water partition coefficient (Wildman–Crippen LogP) is 3.97. The lowest BCUT2D eigenvalue weighted by atomic mass is 10.2. The highest BCUT2D eigenvalue weighted by molar-refractivity contribution is 5.63. The molecule has 0 unspecified atom stereocenters. The first-order chi connectivity index (χ1) is 14.1. The van der Waals surface area contributed by atoms with E-state index in [1.807, 2.05) is 0 Å². The summed E-state index contributed by atoms with van der Waals surface area (Å²) in [5.74, 6) is 0.729. The highest BCUT2D eigenvalue weighted by Gasteiger charge is 2.21. The van der Waals surface area contributed by atoms with Crippen LogP contribution < -0.4 is 9.64 Å². The average molecular weight is 400 g/mol. The van der Waals surface area contributed by atoms with Crippen molar-refractivity contribution >= 4 is 5.69 Å². The van der Waals surface area contributed by atoms with E-state index in [4.69, 9.17) is 4.52 Å². The fourth-order valence-electron chi connectivity index (χ4n) is 3.46. The molecule has 1 fully saturated rings. The van der Waals surface area contributed by atoms with Gasteiger partial charge in [0, 0.05) is 31.9 Å². The van der Waals surface area contributed by atoms with Crippen LogP contribution in [0.15, 0.2) is 53.1 Å². The number of hydrogen-bond donors (Lipinski definition) is 0. The normalized spacial score (nSPS) is 15.1. The predicted molar refractivity (Wildman–Crippen MR) is 105 cm³/mol. The number of para-hydroxylation sites is 1. The Morgan fingerprint density at radius 3 is 2.62 bits per heavy atom. The first kappa shape index (κ1) is 19.3. The summed E-state index contributed by atoms with van der Waals surface area (Å²) < 4.78 is 35.1. The number of piperazine rings is 1. The number of benzene rings is 2. The summed E-state index contributed by atoms with van der Waals surface area (Å²) in [6, 6.07) is 14.9. The number of halogens is 2. The second-order valence-corrected chi connectivity index (χ2v) is 6.99. The van der Waals surface area contributed by atoms with Gasteiger partial charge in [0.15, 0.2) is 0 Å². The molecule has 6 nitrogen and oxygen atoms in total. The molecule has 0 aliphatic carbocycles. The Labute approximate surface area is 167 Å². The molecule has 1 aliphatic heterocycles. The van der Waals surface area contributed by atoms with Gasteiger partial charge in [-0.15, -0.1) is 0 Å². The van der Waals surface area contributed by atoms with Crippen LogP contribution in [0.25, 0.3) is 11.4 Å². The van der Waals surface area contributed by atoms with E-state index in [0.29, 0.717) is 18.0 Å². The second-order valence-electron chi connectivity index (χ2n) is 6.99. The van der Waals surface area contributed by atoms with Crippen LogP contribution in [0.3, 0.4) is 0 Å². The molecule has 29 heavy (non-hydrogen) atoms. The van der Waals surface area contributed by atoms with Crippen LogP contribution in [0.5, 0.6) is 5.75 Å². The van der Waals surface area contributed by atoms with E-state index in [9.17, 15) is 8.78 Å². The van der Waals surface area contributed by atoms with Crippen molar-refractivity contribution in [3.05, 3.63) is 60.0 Å².